The van der Waals surface area contributed by atoms with Crippen LogP contribution in [0.5, 0.6) is 5.75 Å². The van der Waals surface area contributed by atoms with E-state index in [2.05, 4.69) is 15.9 Å². The summed E-state index contributed by atoms with van der Waals surface area (Å²) < 4.78 is 19.0. The minimum Gasteiger partial charge on any atom is -0.497 e. The molecule has 2 aromatic rings. The fourth-order valence-corrected chi connectivity index (χ4v) is 3.43. The lowest BCUT2D eigenvalue weighted by Gasteiger charge is -2.15. The molecule has 0 aliphatic rings. The van der Waals surface area contributed by atoms with Gasteiger partial charge >= 0.3 is 0 Å². The molecule has 5 heteroatoms. The number of ether oxygens (including phenoxy) is 1. The van der Waals surface area contributed by atoms with Crippen molar-refractivity contribution in [1.82, 2.24) is 0 Å². The van der Waals surface area contributed by atoms with Gasteiger partial charge in [-0.3, -0.25) is 0 Å². The standard InChI is InChI=1S/C14H10BrCl2FO/c1-19-8-5-6-9(11(17)7-8)14(15)13-10(16)3-2-4-12(13)18/h2-7,14H,1H3. The third-order valence-corrected chi connectivity index (χ3v) is 4.34. The van der Waals surface area contributed by atoms with Gasteiger partial charge in [-0.15, -0.1) is 0 Å². The normalized spacial score (nSPS) is 12.3. The van der Waals surface area contributed by atoms with Crippen molar-refractivity contribution in [2.75, 3.05) is 7.11 Å². The van der Waals surface area contributed by atoms with Crippen LogP contribution in [0.3, 0.4) is 0 Å². The predicted octanol–water partition coefficient (Wildman–Crippen LogP) is 5.63. The number of hydrogen-bond donors (Lipinski definition) is 0. The van der Waals surface area contributed by atoms with E-state index in [1.54, 1.807) is 37.4 Å². The van der Waals surface area contributed by atoms with Crippen LogP contribution < -0.4 is 4.74 Å². The van der Waals surface area contributed by atoms with Gasteiger partial charge in [0.1, 0.15) is 11.6 Å². The molecule has 0 aliphatic heterocycles. The number of alkyl halides is 1. The van der Waals surface area contributed by atoms with Gasteiger partial charge in [0.25, 0.3) is 0 Å². The van der Waals surface area contributed by atoms with Crippen molar-refractivity contribution >= 4 is 39.1 Å². The molecule has 1 atom stereocenters. The maximum atomic E-state index is 13.9. The average molecular weight is 364 g/mol. The van der Waals surface area contributed by atoms with Crippen molar-refractivity contribution < 1.29 is 9.13 Å². The summed E-state index contributed by atoms with van der Waals surface area (Å²) in [5, 5.41) is 0.842. The van der Waals surface area contributed by atoms with Crippen LogP contribution in [0.4, 0.5) is 4.39 Å². The van der Waals surface area contributed by atoms with Crippen LogP contribution in [-0.2, 0) is 0 Å². The molecule has 100 valence electrons. The van der Waals surface area contributed by atoms with E-state index in [0.717, 1.165) is 5.56 Å². The van der Waals surface area contributed by atoms with E-state index in [4.69, 9.17) is 27.9 Å². The summed E-state index contributed by atoms with van der Waals surface area (Å²) in [6.45, 7) is 0. The van der Waals surface area contributed by atoms with Crippen LogP contribution in [0.25, 0.3) is 0 Å². The molecule has 19 heavy (non-hydrogen) atoms. The quantitative estimate of drug-likeness (QED) is 0.642. The second kappa shape index (κ2) is 6.12. The minimum atomic E-state index is -0.417. The molecular formula is C14H10BrCl2FO. The Labute approximate surface area is 129 Å². The van der Waals surface area contributed by atoms with E-state index in [9.17, 15) is 4.39 Å². The molecule has 0 aliphatic carbocycles. The predicted molar refractivity (Wildman–Crippen MR) is 80.2 cm³/mol. The summed E-state index contributed by atoms with van der Waals surface area (Å²) >= 11 is 15.7. The van der Waals surface area contributed by atoms with Crippen LogP contribution in [0, 0.1) is 5.82 Å². The van der Waals surface area contributed by atoms with E-state index in [0.29, 0.717) is 21.4 Å². The van der Waals surface area contributed by atoms with Crippen LogP contribution in [-0.4, -0.2) is 7.11 Å². The van der Waals surface area contributed by atoms with Gasteiger partial charge in [-0.1, -0.05) is 51.3 Å². The fraction of sp³-hybridized carbons (Fsp3) is 0.143. The van der Waals surface area contributed by atoms with Gasteiger partial charge in [-0.05, 0) is 29.8 Å². The molecule has 1 nitrogen and oxygen atoms in total. The van der Waals surface area contributed by atoms with Gasteiger partial charge in [0.15, 0.2) is 0 Å². The molecule has 0 saturated carbocycles. The molecule has 0 fully saturated rings. The molecule has 0 spiro atoms. The van der Waals surface area contributed by atoms with Crippen molar-refractivity contribution in [3.05, 3.63) is 63.4 Å². The highest BCUT2D eigenvalue weighted by Gasteiger charge is 2.20. The summed E-state index contributed by atoms with van der Waals surface area (Å²) in [6.07, 6.45) is 0. The van der Waals surface area contributed by atoms with Crippen molar-refractivity contribution in [1.29, 1.82) is 0 Å². The third kappa shape index (κ3) is 3.04. The summed E-state index contributed by atoms with van der Waals surface area (Å²) in [5.41, 5.74) is 1.10. The molecule has 2 rings (SSSR count). The largest absolute Gasteiger partial charge is 0.497 e. The number of hydrogen-bond acceptors (Lipinski definition) is 1. The van der Waals surface area contributed by atoms with Crippen molar-refractivity contribution in [3.8, 4) is 5.75 Å². The van der Waals surface area contributed by atoms with Crippen molar-refractivity contribution in [2.45, 2.75) is 4.83 Å². The van der Waals surface area contributed by atoms with Gasteiger partial charge < -0.3 is 4.74 Å². The van der Waals surface area contributed by atoms with E-state index in [-0.39, 0.29) is 5.82 Å². The highest BCUT2D eigenvalue weighted by atomic mass is 79.9. The zero-order chi connectivity index (χ0) is 14.0. The molecule has 2 aromatic carbocycles. The maximum Gasteiger partial charge on any atom is 0.129 e. The Morgan fingerprint density at radius 1 is 1.16 bits per heavy atom. The molecule has 0 aromatic heterocycles. The van der Waals surface area contributed by atoms with E-state index in [1.807, 2.05) is 0 Å². The topological polar surface area (TPSA) is 9.23 Å². The third-order valence-electron chi connectivity index (χ3n) is 2.73. The summed E-state index contributed by atoms with van der Waals surface area (Å²) in [6, 6.07) is 9.81. The second-order valence-corrected chi connectivity index (χ2v) is 5.62. The molecule has 0 heterocycles. The zero-order valence-corrected chi connectivity index (χ0v) is 13.1. The number of halogens is 4. The van der Waals surface area contributed by atoms with Crippen LogP contribution in [0.15, 0.2) is 36.4 Å². The Bertz CT molecular complexity index is 584. The molecule has 0 saturated heterocycles. The Morgan fingerprint density at radius 2 is 1.89 bits per heavy atom. The second-order valence-electron chi connectivity index (χ2n) is 3.89. The zero-order valence-electron chi connectivity index (χ0n) is 9.96. The minimum absolute atomic E-state index is 0.355. The Balaban J connectivity index is 2.47. The summed E-state index contributed by atoms with van der Waals surface area (Å²) in [7, 11) is 1.56. The lowest BCUT2D eigenvalue weighted by molar-refractivity contribution is 0.414. The molecule has 0 bridgehead atoms. The highest BCUT2D eigenvalue weighted by Crippen LogP contribution is 2.40. The molecule has 1 unspecified atom stereocenters. The number of rotatable bonds is 3. The lowest BCUT2D eigenvalue weighted by atomic mass is 10.0. The fourth-order valence-electron chi connectivity index (χ4n) is 1.75. The van der Waals surface area contributed by atoms with Gasteiger partial charge in [-0.2, -0.15) is 0 Å². The van der Waals surface area contributed by atoms with Gasteiger partial charge in [0.2, 0.25) is 0 Å². The summed E-state index contributed by atoms with van der Waals surface area (Å²) in [5.74, 6) is 0.273. The molecule has 0 N–H and O–H groups in total. The SMILES string of the molecule is COc1ccc(C(Br)c2c(F)cccc2Cl)c(Cl)c1. The van der Waals surface area contributed by atoms with Gasteiger partial charge in [-0.25, -0.2) is 4.39 Å². The van der Waals surface area contributed by atoms with E-state index < -0.39 is 4.83 Å². The van der Waals surface area contributed by atoms with E-state index >= 15 is 0 Å². The van der Waals surface area contributed by atoms with Crippen LogP contribution in [0.2, 0.25) is 10.0 Å². The Kier molecular flexibility index (Phi) is 4.71. The number of methoxy groups -OCH3 is 1. The van der Waals surface area contributed by atoms with Gasteiger partial charge in [0.05, 0.1) is 11.9 Å². The first kappa shape index (κ1) is 14.6. The molecular weight excluding hydrogens is 354 g/mol. The Morgan fingerprint density at radius 3 is 2.47 bits per heavy atom. The first-order valence-corrected chi connectivity index (χ1v) is 7.13. The smallest absolute Gasteiger partial charge is 0.129 e. The maximum absolute atomic E-state index is 13.9. The first-order valence-electron chi connectivity index (χ1n) is 5.46. The highest BCUT2D eigenvalue weighted by molar-refractivity contribution is 9.09. The monoisotopic (exact) mass is 362 g/mol. The van der Waals surface area contributed by atoms with Crippen LogP contribution in [0.1, 0.15) is 16.0 Å². The van der Waals surface area contributed by atoms with Gasteiger partial charge in [0, 0.05) is 15.6 Å². The molecule has 0 radical (unpaired) electrons. The van der Waals surface area contributed by atoms with E-state index in [1.165, 1.54) is 6.07 Å². The average Bonchev–Trinajstić information content (AvgIpc) is 2.38. The lowest BCUT2D eigenvalue weighted by Crippen LogP contribution is -1.99. The van der Waals surface area contributed by atoms with Crippen molar-refractivity contribution in [3.63, 3.8) is 0 Å². The van der Waals surface area contributed by atoms with Crippen molar-refractivity contribution in [2.24, 2.45) is 0 Å². The molecule has 0 amide bonds. The van der Waals surface area contributed by atoms with Crippen LogP contribution >= 0.6 is 39.1 Å². The Hall–Kier alpha value is -0.770. The number of benzene rings is 2. The first-order chi connectivity index (χ1) is 9.04. The summed E-state index contributed by atoms with van der Waals surface area (Å²) in [4.78, 5) is -0.417.